The van der Waals surface area contributed by atoms with E-state index in [0.29, 0.717) is 31.0 Å². The molecule has 1 aliphatic heterocycles. The summed E-state index contributed by atoms with van der Waals surface area (Å²) in [6.45, 7) is 7.73. The van der Waals surface area contributed by atoms with Gasteiger partial charge in [0, 0.05) is 62.1 Å². The minimum atomic E-state index is -0.486. The number of allylic oxidation sites excluding steroid dienone is 1. The summed E-state index contributed by atoms with van der Waals surface area (Å²) in [6.07, 6.45) is 3.50. The molecule has 4 aromatic rings. The molecule has 10 nitrogen and oxygen atoms in total. The summed E-state index contributed by atoms with van der Waals surface area (Å²) in [5.74, 6) is -0.329. The highest BCUT2D eigenvalue weighted by Crippen LogP contribution is 2.27. The van der Waals surface area contributed by atoms with Crippen LogP contribution in [0.5, 0.6) is 0 Å². The first-order valence-corrected chi connectivity index (χ1v) is 13.5. The summed E-state index contributed by atoms with van der Waals surface area (Å²) >= 11 is 0. The van der Waals surface area contributed by atoms with Gasteiger partial charge in [-0.05, 0) is 36.8 Å². The third kappa shape index (κ3) is 6.38. The Kier molecular flexibility index (Phi) is 8.28. The second-order valence-corrected chi connectivity index (χ2v) is 9.95. The molecule has 2 aromatic carbocycles. The standard InChI is InChI=1S/C31H34N8O2/c1-21(34-18-23-10-6-4-7-11-23)25-19-38(28-15-14-27-33-16-17-39(27)37-28)20-26(25)36-31(41)29(22(2)32-3)30(40)35-24-12-8-5-9-13-24/h4-17,25-26,32,34H,1,18-20H2,2-3H3,(H,35,40)(H,36,41)/b29-22+/t25-,26+/m0/s1. The topological polar surface area (TPSA) is 116 Å². The van der Waals surface area contributed by atoms with Gasteiger partial charge in [-0.3, -0.25) is 9.59 Å². The van der Waals surface area contributed by atoms with E-state index in [1.165, 1.54) is 0 Å². The number of amides is 2. The quantitative estimate of drug-likeness (QED) is 0.136. The Morgan fingerprint density at radius 3 is 2.44 bits per heavy atom. The number of nitrogens with one attached hydrogen (secondary N) is 4. The normalized spacial score (nSPS) is 17.1. The zero-order valence-electron chi connectivity index (χ0n) is 23.2. The summed E-state index contributed by atoms with van der Waals surface area (Å²) < 4.78 is 1.73. The van der Waals surface area contributed by atoms with Crippen LogP contribution in [0.4, 0.5) is 11.5 Å². The Labute approximate surface area is 239 Å². The monoisotopic (exact) mass is 550 g/mol. The Hall–Kier alpha value is -5.12. The number of hydrogen-bond donors (Lipinski definition) is 4. The first-order valence-electron chi connectivity index (χ1n) is 13.5. The number of nitrogens with zero attached hydrogens (tertiary/aromatic N) is 4. The number of aromatic nitrogens is 3. The molecule has 0 radical (unpaired) electrons. The van der Waals surface area contributed by atoms with Crippen molar-refractivity contribution in [1.29, 1.82) is 0 Å². The van der Waals surface area contributed by atoms with Crippen molar-refractivity contribution in [1.82, 2.24) is 30.5 Å². The number of benzene rings is 2. The average molecular weight is 551 g/mol. The minimum absolute atomic E-state index is 0.0226. The smallest absolute Gasteiger partial charge is 0.263 e. The number of hydrogen-bond acceptors (Lipinski definition) is 7. The van der Waals surface area contributed by atoms with Gasteiger partial charge in [0.25, 0.3) is 11.8 Å². The summed E-state index contributed by atoms with van der Waals surface area (Å²) in [5, 5.41) is 17.1. The lowest BCUT2D eigenvalue weighted by atomic mass is 9.99. The first-order chi connectivity index (χ1) is 19.9. The Morgan fingerprint density at radius 1 is 0.976 bits per heavy atom. The fourth-order valence-corrected chi connectivity index (χ4v) is 4.93. The van der Waals surface area contributed by atoms with Gasteiger partial charge in [0.05, 0.1) is 6.04 Å². The summed E-state index contributed by atoms with van der Waals surface area (Å²) in [7, 11) is 1.69. The number of para-hydroxylation sites is 1. The van der Waals surface area contributed by atoms with Gasteiger partial charge in [0.1, 0.15) is 11.4 Å². The van der Waals surface area contributed by atoms with E-state index in [-0.39, 0.29) is 17.5 Å². The highest BCUT2D eigenvalue weighted by Gasteiger charge is 2.38. The molecule has 1 fully saturated rings. The molecule has 0 aliphatic carbocycles. The maximum atomic E-state index is 13.7. The van der Waals surface area contributed by atoms with Crippen LogP contribution in [-0.2, 0) is 16.1 Å². The van der Waals surface area contributed by atoms with E-state index in [1.54, 1.807) is 43.0 Å². The number of carbonyl (C=O) groups excluding carboxylic acids is 2. The second-order valence-electron chi connectivity index (χ2n) is 9.95. The molecule has 41 heavy (non-hydrogen) atoms. The lowest BCUT2D eigenvalue weighted by molar-refractivity contribution is -0.122. The molecule has 4 N–H and O–H groups in total. The maximum absolute atomic E-state index is 13.7. The first kappa shape index (κ1) is 27.4. The van der Waals surface area contributed by atoms with Crippen molar-refractivity contribution >= 4 is 29.0 Å². The van der Waals surface area contributed by atoms with Crippen LogP contribution in [0.3, 0.4) is 0 Å². The van der Waals surface area contributed by atoms with Crippen LogP contribution < -0.4 is 26.2 Å². The van der Waals surface area contributed by atoms with E-state index in [0.717, 1.165) is 22.7 Å². The highest BCUT2D eigenvalue weighted by molar-refractivity contribution is 6.23. The average Bonchev–Trinajstić information content (AvgIpc) is 3.64. The van der Waals surface area contributed by atoms with Crippen molar-refractivity contribution in [2.75, 3.05) is 30.4 Å². The van der Waals surface area contributed by atoms with Gasteiger partial charge in [-0.1, -0.05) is 55.1 Å². The van der Waals surface area contributed by atoms with E-state index in [2.05, 4.69) is 37.7 Å². The molecule has 10 heteroatoms. The van der Waals surface area contributed by atoms with Crippen molar-refractivity contribution in [2.45, 2.75) is 19.5 Å². The molecular weight excluding hydrogens is 516 g/mol. The Balaban J connectivity index is 1.37. The third-order valence-electron chi connectivity index (χ3n) is 7.25. The number of imidazole rings is 1. The van der Waals surface area contributed by atoms with Gasteiger partial charge in [-0.15, -0.1) is 5.10 Å². The van der Waals surface area contributed by atoms with Crippen LogP contribution >= 0.6 is 0 Å². The van der Waals surface area contributed by atoms with E-state index < -0.39 is 11.8 Å². The molecule has 2 amide bonds. The zero-order chi connectivity index (χ0) is 28.8. The van der Waals surface area contributed by atoms with Crippen LogP contribution in [0.25, 0.3) is 5.65 Å². The van der Waals surface area contributed by atoms with Crippen LogP contribution in [0, 0.1) is 5.92 Å². The van der Waals surface area contributed by atoms with Crippen molar-refractivity contribution < 1.29 is 9.59 Å². The lowest BCUT2D eigenvalue weighted by Gasteiger charge is -2.23. The van der Waals surface area contributed by atoms with Gasteiger partial charge in [-0.2, -0.15) is 0 Å². The second kappa shape index (κ2) is 12.4. The van der Waals surface area contributed by atoms with Gasteiger partial charge >= 0.3 is 0 Å². The fraction of sp³-hybridized carbons (Fsp3) is 0.226. The summed E-state index contributed by atoms with van der Waals surface area (Å²) in [5.41, 5.74) is 3.78. The predicted octanol–water partition coefficient (Wildman–Crippen LogP) is 3.09. The van der Waals surface area contributed by atoms with Crippen LogP contribution in [0.2, 0.25) is 0 Å². The van der Waals surface area contributed by atoms with Crippen LogP contribution in [-0.4, -0.2) is 52.6 Å². The zero-order valence-corrected chi connectivity index (χ0v) is 23.2. The van der Waals surface area contributed by atoms with Crippen molar-refractivity contribution in [2.24, 2.45) is 5.92 Å². The molecular formula is C31H34N8O2. The van der Waals surface area contributed by atoms with E-state index in [4.69, 9.17) is 5.10 Å². The van der Waals surface area contributed by atoms with Gasteiger partial charge < -0.3 is 26.2 Å². The summed E-state index contributed by atoms with van der Waals surface area (Å²) in [6, 6.07) is 22.6. The van der Waals surface area contributed by atoms with Gasteiger partial charge in [0.2, 0.25) is 0 Å². The number of anilines is 2. The summed E-state index contributed by atoms with van der Waals surface area (Å²) in [4.78, 5) is 33.3. The van der Waals surface area contributed by atoms with Crippen molar-refractivity contribution in [3.63, 3.8) is 0 Å². The van der Waals surface area contributed by atoms with E-state index in [9.17, 15) is 9.59 Å². The maximum Gasteiger partial charge on any atom is 0.263 e. The van der Waals surface area contributed by atoms with Crippen molar-refractivity contribution in [3.8, 4) is 0 Å². The molecule has 1 aliphatic rings. The van der Waals surface area contributed by atoms with Crippen LogP contribution in [0.15, 0.2) is 109 Å². The van der Waals surface area contributed by atoms with Gasteiger partial charge in [-0.25, -0.2) is 9.50 Å². The molecule has 0 spiro atoms. The Morgan fingerprint density at radius 2 is 1.71 bits per heavy atom. The fourth-order valence-electron chi connectivity index (χ4n) is 4.93. The van der Waals surface area contributed by atoms with Crippen LogP contribution in [0.1, 0.15) is 12.5 Å². The SMILES string of the molecule is C=C(NCc1ccccc1)[C@@H]1CN(c2ccc3nccn3n2)C[C@H]1NC(=O)/C(C(=O)Nc1ccccc1)=C(\C)NC. The molecule has 1 saturated heterocycles. The highest BCUT2D eigenvalue weighted by atomic mass is 16.2. The molecule has 0 unspecified atom stereocenters. The largest absolute Gasteiger partial charge is 0.391 e. The van der Waals surface area contributed by atoms with Gasteiger partial charge in [0.15, 0.2) is 5.65 Å². The molecule has 2 aromatic heterocycles. The Bertz CT molecular complexity index is 1560. The molecule has 3 heterocycles. The van der Waals surface area contributed by atoms with Crippen molar-refractivity contribution in [3.05, 3.63) is 114 Å². The van der Waals surface area contributed by atoms with E-state index in [1.807, 2.05) is 60.7 Å². The minimum Gasteiger partial charge on any atom is -0.391 e. The number of fused-ring (bicyclic) bond motifs is 1. The molecule has 0 saturated carbocycles. The molecule has 210 valence electrons. The third-order valence-corrected chi connectivity index (χ3v) is 7.25. The van der Waals surface area contributed by atoms with E-state index >= 15 is 0 Å². The molecule has 5 rings (SSSR count). The number of carbonyl (C=O) groups is 2. The number of rotatable bonds is 10. The lowest BCUT2D eigenvalue weighted by Crippen LogP contribution is -2.45. The molecule has 0 bridgehead atoms. The predicted molar refractivity (Wildman–Crippen MR) is 160 cm³/mol. The molecule has 2 atom stereocenters.